The molecule has 0 saturated carbocycles. The molecule has 2 N–H and O–H groups in total. The Balaban J connectivity index is 1.76. The highest BCUT2D eigenvalue weighted by molar-refractivity contribution is 5.56. The van der Waals surface area contributed by atoms with Gasteiger partial charge in [-0.1, -0.05) is 30.3 Å². The Hall–Kier alpha value is -3.15. The van der Waals surface area contributed by atoms with Gasteiger partial charge in [0.15, 0.2) is 0 Å². The summed E-state index contributed by atoms with van der Waals surface area (Å²) in [7, 11) is 1.64. The molecule has 1 aromatic heterocycles. The van der Waals surface area contributed by atoms with Gasteiger partial charge in [0, 0.05) is 23.9 Å². The van der Waals surface area contributed by atoms with Crippen molar-refractivity contribution in [1.29, 1.82) is 0 Å². The number of rotatable bonds is 6. The molecule has 0 aliphatic rings. The van der Waals surface area contributed by atoms with Gasteiger partial charge in [0.25, 0.3) is 0 Å². The van der Waals surface area contributed by atoms with Crippen LogP contribution in [0.15, 0.2) is 54.6 Å². The largest absolute Gasteiger partial charge is 0.496 e. The quantitative estimate of drug-likeness (QED) is 0.702. The monoisotopic (exact) mass is 338 g/mol. The van der Waals surface area contributed by atoms with E-state index in [4.69, 9.17) is 4.74 Å². The Morgan fingerprint density at radius 1 is 1.04 bits per heavy atom. The van der Waals surface area contributed by atoms with E-state index in [-0.39, 0.29) is 5.82 Å². The van der Waals surface area contributed by atoms with Crippen molar-refractivity contribution in [2.75, 3.05) is 17.7 Å². The molecule has 0 aliphatic heterocycles. The third-order valence-electron chi connectivity index (χ3n) is 3.63. The Bertz CT molecular complexity index is 870. The lowest BCUT2D eigenvalue weighted by Crippen LogP contribution is -2.07. The van der Waals surface area contributed by atoms with Crippen LogP contribution in [0.5, 0.6) is 5.75 Å². The highest BCUT2D eigenvalue weighted by Crippen LogP contribution is 2.21. The number of nitrogens with one attached hydrogen (secondary N) is 2. The molecule has 25 heavy (non-hydrogen) atoms. The number of benzene rings is 2. The van der Waals surface area contributed by atoms with Crippen molar-refractivity contribution in [2.45, 2.75) is 13.5 Å². The van der Waals surface area contributed by atoms with Crippen molar-refractivity contribution in [3.63, 3.8) is 0 Å². The van der Waals surface area contributed by atoms with Crippen LogP contribution in [0.1, 0.15) is 11.3 Å². The number of aromatic nitrogens is 2. The number of hydrogen-bond acceptors (Lipinski definition) is 5. The predicted molar refractivity (Wildman–Crippen MR) is 96.8 cm³/mol. The first-order valence-electron chi connectivity index (χ1n) is 7.88. The number of methoxy groups -OCH3 is 1. The molecule has 0 amide bonds. The minimum Gasteiger partial charge on any atom is -0.496 e. The molecule has 2 aromatic carbocycles. The number of ether oxygens (including phenoxy) is 1. The van der Waals surface area contributed by atoms with Gasteiger partial charge in [-0.2, -0.15) is 4.98 Å². The van der Waals surface area contributed by atoms with Gasteiger partial charge in [0.1, 0.15) is 17.4 Å². The Morgan fingerprint density at radius 2 is 1.80 bits per heavy atom. The van der Waals surface area contributed by atoms with Crippen LogP contribution in [0, 0.1) is 12.7 Å². The third-order valence-corrected chi connectivity index (χ3v) is 3.63. The summed E-state index contributed by atoms with van der Waals surface area (Å²) in [5.74, 6) is 1.45. The molecule has 1 heterocycles. The topological polar surface area (TPSA) is 59.1 Å². The SMILES string of the molecule is COc1ccccc1CNc1cc(C)nc(Nc2ccccc2F)n1. The zero-order chi connectivity index (χ0) is 17.6. The van der Waals surface area contributed by atoms with E-state index in [2.05, 4.69) is 20.6 Å². The molecule has 5 nitrogen and oxygen atoms in total. The normalized spacial score (nSPS) is 10.4. The van der Waals surface area contributed by atoms with E-state index < -0.39 is 0 Å². The number of hydrogen-bond donors (Lipinski definition) is 2. The first-order chi connectivity index (χ1) is 12.2. The average molecular weight is 338 g/mol. The van der Waals surface area contributed by atoms with Gasteiger partial charge in [-0.25, -0.2) is 9.37 Å². The lowest BCUT2D eigenvalue weighted by Gasteiger charge is -2.12. The van der Waals surface area contributed by atoms with E-state index >= 15 is 0 Å². The predicted octanol–water partition coefficient (Wildman–Crippen LogP) is 4.29. The van der Waals surface area contributed by atoms with Crippen LogP contribution in [0.2, 0.25) is 0 Å². The van der Waals surface area contributed by atoms with Crippen LogP contribution in [0.25, 0.3) is 0 Å². The lowest BCUT2D eigenvalue weighted by atomic mass is 10.2. The van der Waals surface area contributed by atoms with Gasteiger partial charge >= 0.3 is 0 Å². The van der Waals surface area contributed by atoms with Crippen molar-refractivity contribution in [1.82, 2.24) is 9.97 Å². The van der Waals surface area contributed by atoms with Crippen LogP contribution in [-0.2, 0) is 6.54 Å². The fourth-order valence-electron chi connectivity index (χ4n) is 2.43. The summed E-state index contributed by atoms with van der Waals surface area (Å²) >= 11 is 0. The first-order valence-corrected chi connectivity index (χ1v) is 7.88. The Labute approximate surface area is 145 Å². The molecular formula is C19H19FN4O. The molecule has 0 atom stereocenters. The second kappa shape index (κ2) is 7.61. The van der Waals surface area contributed by atoms with Crippen molar-refractivity contribution >= 4 is 17.5 Å². The van der Waals surface area contributed by atoms with Crippen molar-refractivity contribution < 1.29 is 9.13 Å². The smallest absolute Gasteiger partial charge is 0.229 e. The highest BCUT2D eigenvalue weighted by atomic mass is 19.1. The van der Waals surface area contributed by atoms with E-state index in [1.807, 2.05) is 37.3 Å². The molecular weight excluding hydrogens is 319 g/mol. The number of anilines is 3. The van der Waals surface area contributed by atoms with Crippen molar-refractivity contribution in [3.05, 3.63) is 71.7 Å². The van der Waals surface area contributed by atoms with Crippen molar-refractivity contribution in [3.8, 4) is 5.75 Å². The van der Waals surface area contributed by atoms with E-state index in [9.17, 15) is 4.39 Å². The molecule has 0 bridgehead atoms. The second-order valence-electron chi connectivity index (χ2n) is 5.49. The maximum Gasteiger partial charge on any atom is 0.229 e. The maximum absolute atomic E-state index is 13.8. The molecule has 0 saturated heterocycles. The van der Waals surface area contributed by atoms with E-state index in [1.54, 1.807) is 25.3 Å². The summed E-state index contributed by atoms with van der Waals surface area (Å²) in [6, 6.07) is 16.0. The number of nitrogens with zero attached hydrogens (tertiary/aromatic N) is 2. The van der Waals surface area contributed by atoms with Crippen LogP contribution in [-0.4, -0.2) is 17.1 Å². The van der Waals surface area contributed by atoms with E-state index in [0.717, 1.165) is 17.0 Å². The number of para-hydroxylation sites is 2. The second-order valence-corrected chi connectivity index (χ2v) is 5.49. The Morgan fingerprint density at radius 3 is 2.60 bits per heavy atom. The average Bonchev–Trinajstić information content (AvgIpc) is 2.62. The fourth-order valence-corrected chi connectivity index (χ4v) is 2.43. The van der Waals surface area contributed by atoms with Crippen molar-refractivity contribution in [2.24, 2.45) is 0 Å². The molecule has 0 aliphatic carbocycles. The summed E-state index contributed by atoms with van der Waals surface area (Å²) in [5.41, 5.74) is 2.13. The summed E-state index contributed by atoms with van der Waals surface area (Å²) in [5, 5.41) is 6.16. The third kappa shape index (κ3) is 4.23. The first kappa shape index (κ1) is 16.7. The molecule has 6 heteroatoms. The molecule has 0 radical (unpaired) electrons. The molecule has 0 spiro atoms. The standard InChI is InChI=1S/C19H19FN4O/c1-13-11-18(21-12-14-7-3-6-10-17(14)25-2)24-19(22-13)23-16-9-5-4-8-15(16)20/h3-11H,12H2,1-2H3,(H2,21,22,23,24). The van der Waals surface area contributed by atoms with Crippen LogP contribution < -0.4 is 15.4 Å². The van der Waals surface area contributed by atoms with Gasteiger partial charge in [0.05, 0.1) is 12.8 Å². The molecule has 0 unspecified atom stereocenters. The summed E-state index contributed by atoms with van der Waals surface area (Å²) < 4.78 is 19.1. The minimum atomic E-state index is -0.351. The molecule has 3 aromatic rings. The number of aryl methyl sites for hydroxylation is 1. The van der Waals surface area contributed by atoms with Gasteiger partial charge in [-0.05, 0) is 25.1 Å². The van der Waals surface area contributed by atoms with Crippen LogP contribution >= 0.6 is 0 Å². The Kier molecular flexibility index (Phi) is 5.09. The van der Waals surface area contributed by atoms with Gasteiger partial charge in [-0.15, -0.1) is 0 Å². The van der Waals surface area contributed by atoms with Crippen LogP contribution in [0.3, 0.4) is 0 Å². The lowest BCUT2D eigenvalue weighted by molar-refractivity contribution is 0.410. The summed E-state index contributed by atoms with van der Waals surface area (Å²) in [6.07, 6.45) is 0. The van der Waals surface area contributed by atoms with Gasteiger partial charge in [0.2, 0.25) is 5.95 Å². The zero-order valence-corrected chi connectivity index (χ0v) is 14.1. The minimum absolute atomic E-state index is 0.337. The highest BCUT2D eigenvalue weighted by Gasteiger charge is 2.07. The summed E-state index contributed by atoms with van der Waals surface area (Å²) in [4.78, 5) is 8.71. The summed E-state index contributed by atoms with van der Waals surface area (Å²) in [6.45, 7) is 2.42. The van der Waals surface area contributed by atoms with Gasteiger partial charge in [-0.3, -0.25) is 0 Å². The zero-order valence-electron chi connectivity index (χ0n) is 14.1. The van der Waals surface area contributed by atoms with Crippen LogP contribution in [0.4, 0.5) is 21.8 Å². The fraction of sp³-hybridized carbons (Fsp3) is 0.158. The number of halogens is 1. The molecule has 0 fully saturated rings. The van der Waals surface area contributed by atoms with E-state index in [0.29, 0.717) is 24.0 Å². The van der Waals surface area contributed by atoms with Gasteiger partial charge < -0.3 is 15.4 Å². The van der Waals surface area contributed by atoms with E-state index in [1.165, 1.54) is 6.07 Å². The maximum atomic E-state index is 13.8. The molecule has 128 valence electrons. The molecule has 3 rings (SSSR count).